The summed E-state index contributed by atoms with van der Waals surface area (Å²) in [5.41, 5.74) is 0. The smallest absolute Gasteiger partial charge is 0.191 e. The summed E-state index contributed by atoms with van der Waals surface area (Å²) in [5, 5.41) is 6.55. The van der Waals surface area contributed by atoms with Gasteiger partial charge in [-0.05, 0) is 33.1 Å². The number of guanidine groups is 1. The van der Waals surface area contributed by atoms with Crippen molar-refractivity contribution in [3.05, 3.63) is 0 Å². The van der Waals surface area contributed by atoms with Crippen LogP contribution in [0.4, 0.5) is 0 Å². The molecule has 0 unspecified atom stereocenters. The number of hydrogen-bond acceptors (Lipinski definition) is 3. The molecule has 0 fully saturated rings. The molecule has 0 aliphatic rings. The van der Waals surface area contributed by atoms with Gasteiger partial charge in [-0.3, -0.25) is 4.99 Å². The van der Waals surface area contributed by atoms with Gasteiger partial charge in [0.05, 0.1) is 0 Å². The lowest BCUT2D eigenvalue weighted by atomic mass is 10.4. The van der Waals surface area contributed by atoms with Crippen LogP contribution in [0.15, 0.2) is 4.99 Å². The summed E-state index contributed by atoms with van der Waals surface area (Å²) in [5.74, 6) is 0.887. The van der Waals surface area contributed by atoms with Crippen molar-refractivity contribution in [3.8, 4) is 0 Å². The number of aliphatic imine (C=N–C) groups is 1. The Hall–Kier alpha value is -0.810. The van der Waals surface area contributed by atoms with E-state index in [0.29, 0.717) is 0 Å². The Kier molecular flexibility index (Phi) is 15.6. The highest BCUT2D eigenvalue weighted by atomic mass is 16.5. The Labute approximate surface area is 124 Å². The zero-order valence-electron chi connectivity index (χ0n) is 13.5. The molecule has 2 N–H and O–H groups in total. The monoisotopic (exact) mass is 287 g/mol. The highest BCUT2D eigenvalue weighted by Crippen LogP contribution is 1.90. The summed E-state index contributed by atoms with van der Waals surface area (Å²) in [4.78, 5) is 4.52. The van der Waals surface area contributed by atoms with Gasteiger partial charge in [0.2, 0.25) is 0 Å². The fourth-order valence-electron chi connectivity index (χ4n) is 1.57. The van der Waals surface area contributed by atoms with Crippen molar-refractivity contribution >= 4 is 5.96 Å². The molecule has 0 amide bonds. The predicted octanol–water partition coefficient (Wildman–Crippen LogP) is 2.17. The Morgan fingerprint density at radius 1 is 0.900 bits per heavy atom. The van der Waals surface area contributed by atoms with Crippen molar-refractivity contribution in [2.24, 2.45) is 4.99 Å². The molecule has 0 saturated carbocycles. The molecule has 0 aromatic carbocycles. The van der Waals surface area contributed by atoms with Crippen molar-refractivity contribution in [2.75, 3.05) is 46.1 Å². The summed E-state index contributed by atoms with van der Waals surface area (Å²) in [6.45, 7) is 12.1. The predicted molar refractivity (Wildman–Crippen MR) is 85.4 cm³/mol. The van der Waals surface area contributed by atoms with Crippen LogP contribution in [-0.2, 0) is 9.47 Å². The molecule has 0 aliphatic carbocycles. The lowest BCUT2D eigenvalue weighted by molar-refractivity contribution is 0.130. The van der Waals surface area contributed by atoms with E-state index in [1.165, 1.54) is 6.42 Å². The van der Waals surface area contributed by atoms with Gasteiger partial charge in [-0.2, -0.15) is 0 Å². The van der Waals surface area contributed by atoms with Crippen LogP contribution in [-0.4, -0.2) is 52.0 Å². The molecule has 0 atom stereocenters. The lowest BCUT2D eigenvalue weighted by Crippen LogP contribution is -2.38. The number of unbranched alkanes of at least 4 members (excludes halogenated alkanes) is 1. The Balaban J connectivity index is 3.61. The topological polar surface area (TPSA) is 54.9 Å². The molecule has 5 nitrogen and oxygen atoms in total. The van der Waals surface area contributed by atoms with Crippen LogP contribution < -0.4 is 10.6 Å². The molecule has 5 heteroatoms. The molecule has 0 radical (unpaired) electrons. The van der Waals surface area contributed by atoms with Crippen LogP contribution in [0, 0.1) is 0 Å². The Morgan fingerprint density at radius 3 is 2.35 bits per heavy atom. The van der Waals surface area contributed by atoms with Gasteiger partial charge >= 0.3 is 0 Å². The van der Waals surface area contributed by atoms with Crippen LogP contribution in [0.5, 0.6) is 0 Å². The van der Waals surface area contributed by atoms with Crippen LogP contribution in [0.1, 0.15) is 46.5 Å². The minimum atomic E-state index is 0.784. The van der Waals surface area contributed by atoms with Gasteiger partial charge in [-0.25, -0.2) is 0 Å². The third-order valence-corrected chi connectivity index (χ3v) is 2.67. The quantitative estimate of drug-likeness (QED) is 0.310. The van der Waals surface area contributed by atoms with Crippen molar-refractivity contribution in [1.29, 1.82) is 0 Å². The first-order valence-corrected chi connectivity index (χ1v) is 8.02. The second kappa shape index (κ2) is 16.2. The van der Waals surface area contributed by atoms with E-state index in [4.69, 9.17) is 9.47 Å². The van der Waals surface area contributed by atoms with Crippen LogP contribution in [0.2, 0.25) is 0 Å². The molecule has 120 valence electrons. The molecular formula is C15H33N3O2. The van der Waals surface area contributed by atoms with Gasteiger partial charge in [-0.1, -0.05) is 13.3 Å². The molecule has 0 aromatic heterocycles. The molecule has 0 aliphatic heterocycles. The van der Waals surface area contributed by atoms with E-state index in [1.54, 1.807) is 0 Å². The molecular weight excluding hydrogens is 254 g/mol. The second-order valence-corrected chi connectivity index (χ2v) is 4.56. The van der Waals surface area contributed by atoms with E-state index >= 15 is 0 Å². The Morgan fingerprint density at radius 2 is 1.65 bits per heavy atom. The summed E-state index contributed by atoms with van der Waals surface area (Å²) in [6.07, 6.45) is 4.30. The van der Waals surface area contributed by atoms with Crippen molar-refractivity contribution in [2.45, 2.75) is 46.5 Å². The van der Waals surface area contributed by atoms with E-state index in [2.05, 4.69) is 29.5 Å². The van der Waals surface area contributed by atoms with Gasteiger partial charge in [0.15, 0.2) is 5.96 Å². The van der Waals surface area contributed by atoms with Gasteiger partial charge < -0.3 is 20.1 Å². The first-order valence-electron chi connectivity index (χ1n) is 8.02. The molecule has 0 rings (SSSR count). The number of nitrogens with one attached hydrogen (secondary N) is 2. The third-order valence-electron chi connectivity index (χ3n) is 2.67. The largest absolute Gasteiger partial charge is 0.382 e. The summed E-state index contributed by atoms with van der Waals surface area (Å²) >= 11 is 0. The van der Waals surface area contributed by atoms with E-state index in [1.807, 2.05) is 6.92 Å². The molecule has 0 aromatic rings. The number of ether oxygens (including phenoxy) is 2. The molecule has 0 bridgehead atoms. The van der Waals surface area contributed by atoms with E-state index < -0.39 is 0 Å². The maximum absolute atomic E-state index is 5.51. The zero-order chi connectivity index (χ0) is 14.9. The zero-order valence-corrected chi connectivity index (χ0v) is 13.5. The average Bonchev–Trinajstić information content (AvgIpc) is 2.46. The maximum atomic E-state index is 5.51. The molecule has 0 spiro atoms. The molecule has 20 heavy (non-hydrogen) atoms. The Bertz CT molecular complexity index is 223. The first kappa shape index (κ1) is 19.2. The highest BCUT2D eigenvalue weighted by molar-refractivity contribution is 5.79. The van der Waals surface area contributed by atoms with E-state index in [-0.39, 0.29) is 0 Å². The SMILES string of the molecule is CCCCOCCCN=C(NCC)NCCCOCC. The van der Waals surface area contributed by atoms with Crippen molar-refractivity contribution in [3.63, 3.8) is 0 Å². The lowest BCUT2D eigenvalue weighted by Gasteiger charge is -2.11. The van der Waals surface area contributed by atoms with Gasteiger partial charge in [-0.15, -0.1) is 0 Å². The fourth-order valence-corrected chi connectivity index (χ4v) is 1.57. The average molecular weight is 287 g/mol. The number of hydrogen-bond donors (Lipinski definition) is 2. The summed E-state index contributed by atoms with van der Waals surface area (Å²) in [6, 6.07) is 0. The van der Waals surface area contributed by atoms with E-state index in [0.717, 1.165) is 71.3 Å². The van der Waals surface area contributed by atoms with Crippen LogP contribution >= 0.6 is 0 Å². The number of nitrogens with zero attached hydrogens (tertiary/aromatic N) is 1. The van der Waals surface area contributed by atoms with Gasteiger partial charge in [0.25, 0.3) is 0 Å². The van der Waals surface area contributed by atoms with E-state index in [9.17, 15) is 0 Å². The number of rotatable bonds is 13. The highest BCUT2D eigenvalue weighted by Gasteiger charge is 1.96. The maximum Gasteiger partial charge on any atom is 0.191 e. The van der Waals surface area contributed by atoms with Crippen molar-refractivity contribution < 1.29 is 9.47 Å². The summed E-state index contributed by atoms with van der Waals surface area (Å²) in [7, 11) is 0. The van der Waals surface area contributed by atoms with Crippen LogP contribution in [0.3, 0.4) is 0 Å². The third kappa shape index (κ3) is 13.6. The van der Waals surface area contributed by atoms with Gasteiger partial charge in [0.1, 0.15) is 0 Å². The standard InChI is InChI=1S/C15H33N3O2/c1-4-7-12-20-14-9-11-18-15(16-5-2)17-10-8-13-19-6-3/h4-14H2,1-3H3,(H2,16,17,18). The van der Waals surface area contributed by atoms with Gasteiger partial charge in [0, 0.05) is 46.1 Å². The van der Waals surface area contributed by atoms with Crippen LogP contribution in [0.25, 0.3) is 0 Å². The summed E-state index contributed by atoms with van der Waals surface area (Å²) < 4.78 is 10.8. The normalized spacial score (nSPS) is 11.7. The minimum Gasteiger partial charge on any atom is -0.382 e. The first-order chi connectivity index (χ1) is 9.85. The van der Waals surface area contributed by atoms with Crippen molar-refractivity contribution in [1.82, 2.24) is 10.6 Å². The molecule has 0 saturated heterocycles. The fraction of sp³-hybridized carbons (Fsp3) is 0.933. The second-order valence-electron chi connectivity index (χ2n) is 4.56. The molecule has 0 heterocycles. The minimum absolute atomic E-state index is 0.784.